The van der Waals surface area contributed by atoms with Crippen molar-refractivity contribution in [1.82, 2.24) is 0 Å². The molecule has 4 heteroatoms. The van der Waals surface area contributed by atoms with Gasteiger partial charge >= 0.3 is 7.12 Å². The summed E-state index contributed by atoms with van der Waals surface area (Å²) in [6.45, 7) is 14.4. The maximum absolute atomic E-state index is 6.24. The van der Waals surface area contributed by atoms with E-state index in [1.54, 1.807) is 0 Å². The van der Waals surface area contributed by atoms with Gasteiger partial charge in [0.1, 0.15) is 0 Å². The smallest absolute Gasteiger partial charge is 0.399 e. The minimum absolute atomic E-state index is 0.0285. The highest BCUT2D eigenvalue weighted by Crippen LogP contribution is 2.39. The van der Waals surface area contributed by atoms with E-state index >= 15 is 0 Å². The zero-order valence-electron chi connectivity index (χ0n) is 11.3. The molecule has 0 saturated carbocycles. The Bertz CT molecular complexity index is 287. The van der Waals surface area contributed by atoms with Crippen LogP contribution in [0.15, 0.2) is 11.0 Å². The quantitative estimate of drug-likeness (QED) is 0.654. The molecule has 0 unspecified atom stereocenters. The van der Waals surface area contributed by atoms with Gasteiger partial charge in [-0.25, -0.2) is 0 Å². The van der Waals surface area contributed by atoms with Crippen LogP contribution in [0.25, 0.3) is 0 Å². The minimum Gasteiger partial charge on any atom is -0.399 e. The van der Waals surface area contributed by atoms with Crippen LogP contribution in [0.1, 0.15) is 48.5 Å². The van der Waals surface area contributed by atoms with Crippen LogP contribution >= 0.6 is 11.6 Å². The van der Waals surface area contributed by atoms with E-state index in [1.807, 2.05) is 33.8 Å². The molecule has 0 aromatic carbocycles. The van der Waals surface area contributed by atoms with Crippen LogP contribution in [0.5, 0.6) is 0 Å². The van der Waals surface area contributed by atoms with Gasteiger partial charge in [0, 0.05) is 4.93 Å². The number of hydrogen-bond acceptors (Lipinski definition) is 2. The van der Waals surface area contributed by atoms with Crippen LogP contribution in [0.2, 0.25) is 0 Å². The van der Waals surface area contributed by atoms with Crippen molar-refractivity contribution in [2.75, 3.05) is 0 Å². The van der Waals surface area contributed by atoms with E-state index in [2.05, 4.69) is 20.8 Å². The van der Waals surface area contributed by atoms with Crippen molar-refractivity contribution in [1.29, 1.82) is 0 Å². The lowest BCUT2D eigenvalue weighted by molar-refractivity contribution is 0.00578. The topological polar surface area (TPSA) is 18.5 Å². The second-order valence-electron chi connectivity index (χ2n) is 6.48. The molecule has 1 saturated heterocycles. The molecule has 0 bridgehead atoms. The van der Waals surface area contributed by atoms with E-state index in [9.17, 15) is 0 Å². The summed E-state index contributed by atoms with van der Waals surface area (Å²) >= 11 is 6.24. The molecule has 1 rings (SSSR count). The summed E-state index contributed by atoms with van der Waals surface area (Å²) in [6.07, 6.45) is 1.98. The molecule has 92 valence electrons. The maximum atomic E-state index is 6.24. The molecule has 1 heterocycles. The normalized spacial score (nSPS) is 25.0. The molecule has 0 spiro atoms. The first-order valence-corrected chi connectivity index (χ1v) is 6.06. The van der Waals surface area contributed by atoms with Gasteiger partial charge in [-0.15, -0.1) is 0 Å². The molecule has 16 heavy (non-hydrogen) atoms. The first-order chi connectivity index (χ1) is 6.95. The van der Waals surface area contributed by atoms with Gasteiger partial charge in [0.05, 0.1) is 11.2 Å². The Morgan fingerprint density at radius 2 is 1.44 bits per heavy atom. The van der Waals surface area contributed by atoms with E-state index in [-0.39, 0.29) is 16.6 Å². The van der Waals surface area contributed by atoms with E-state index in [4.69, 9.17) is 20.9 Å². The third kappa shape index (κ3) is 3.02. The number of hydrogen-bond donors (Lipinski definition) is 0. The molecule has 1 aliphatic heterocycles. The van der Waals surface area contributed by atoms with Crippen LogP contribution in [-0.4, -0.2) is 18.3 Å². The lowest BCUT2D eigenvalue weighted by Gasteiger charge is -2.32. The second-order valence-corrected chi connectivity index (χ2v) is 6.92. The fourth-order valence-corrected chi connectivity index (χ4v) is 1.85. The van der Waals surface area contributed by atoms with Gasteiger partial charge in [0.2, 0.25) is 0 Å². The summed E-state index contributed by atoms with van der Waals surface area (Å²) in [7, 11) is -0.439. The lowest BCUT2D eigenvalue weighted by Crippen LogP contribution is -2.41. The van der Waals surface area contributed by atoms with Gasteiger partial charge in [0.25, 0.3) is 0 Å². The van der Waals surface area contributed by atoms with E-state index in [0.717, 1.165) is 0 Å². The third-order valence-electron chi connectivity index (χ3n) is 3.05. The Balaban J connectivity index is 2.85. The van der Waals surface area contributed by atoms with Gasteiger partial charge in [-0.3, -0.25) is 0 Å². The summed E-state index contributed by atoms with van der Waals surface area (Å²) < 4.78 is 11.7. The van der Waals surface area contributed by atoms with Crippen molar-refractivity contribution >= 4 is 18.7 Å². The van der Waals surface area contributed by atoms with Gasteiger partial charge < -0.3 is 9.31 Å². The molecule has 0 aromatic rings. The van der Waals surface area contributed by atoms with E-state index in [0.29, 0.717) is 4.93 Å². The van der Waals surface area contributed by atoms with Crippen LogP contribution in [0.3, 0.4) is 0 Å². The minimum atomic E-state index is -0.439. The van der Waals surface area contributed by atoms with E-state index < -0.39 is 7.12 Å². The monoisotopic (exact) mass is 244 g/mol. The maximum Gasteiger partial charge on any atom is 0.506 e. The molecule has 1 aliphatic rings. The largest absolute Gasteiger partial charge is 0.506 e. The van der Waals surface area contributed by atoms with Gasteiger partial charge in [-0.2, -0.15) is 0 Å². The average molecular weight is 245 g/mol. The second kappa shape index (κ2) is 4.04. The highest BCUT2D eigenvalue weighted by molar-refractivity contribution is 6.69. The zero-order chi connectivity index (χ0) is 12.8. The van der Waals surface area contributed by atoms with Crippen molar-refractivity contribution in [2.45, 2.75) is 59.7 Å². The summed E-state index contributed by atoms with van der Waals surface area (Å²) in [5.74, 6) is 0. The number of rotatable bonds is 1. The van der Waals surface area contributed by atoms with Crippen LogP contribution in [-0.2, 0) is 9.31 Å². The van der Waals surface area contributed by atoms with Crippen molar-refractivity contribution in [3.05, 3.63) is 11.0 Å². The summed E-state index contributed by atoms with van der Waals surface area (Å²) in [6, 6.07) is 0. The fraction of sp³-hybridized carbons (Fsp3) is 0.833. The Morgan fingerprint density at radius 3 is 1.75 bits per heavy atom. The van der Waals surface area contributed by atoms with Gasteiger partial charge in [0.15, 0.2) is 0 Å². The van der Waals surface area contributed by atoms with Crippen molar-refractivity contribution in [2.24, 2.45) is 5.41 Å². The predicted molar refractivity (Wildman–Crippen MR) is 69.5 cm³/mol. The molecular formula is C12H22BClO2. The molecule has 0 N–H and O–H groups in total. The highest BCUT2D eigenvalue weighted by atomic mass is 35.5. The molecule has 0 radical (unpaired) electrons. The van der Waals surface area contributed by atoms with Crippen molar-refractivity contribution in [3.63, 3.8) is 0 Å². The Morgan fingerprint density at radius 1 is 1.06 bits per heavy atom. The molecule has 0 aliphatic carbocycles. The molecule has 0 aromatic heterocycles. The number of allylic oxidation sites excluding steroid dienone is 1. The van der Waals surface area contributed by atoms with Gasteiger partial charge in [-0.1, -0.05) is 38.4 Å². The Hall–Kier alpha value is 0.0149. The summed E-state index contributed by atoms with van der Waals surface area (Å²) in [5, 5.41) is 0. The Labute approximate surface area is 104 Å². The molecule has 0 amide bonds. The highest BCUT2D eigenvalue weighted by Gasteiger charge is 2.52. The molecular weight excluding hydrogens is 222 g/mol. The van der Waals surface area contributed by atoms with Crippen LogP contribution in [0, 0.1) is 5.41 Å². The number of halogens is 1. The predicted octanol–water partition coefficient (Wildman–Crippen LogP) is 3.79. The van der Waals surface area contributed by atoms with Crippen LogP contribution < -0.4 is 0 Å². The first kappa shape index (κ1) is 14.1. The van der Waals surface area contributed by atoms with Crippen LogP contribution in [0.4, 0.5) is 0 Å². The molecule has 0 atom stereocenters. The summed E-state index contributed by atoms with van der Waals surface area (Å²) in [5.41, 5.74) is -0.631. The van der Waals surface area contributed by atoms with E-state index in [1.165, 1.54) is 0 Å². The SMILES string of the molecule is CC(C)(C)/C=C(/Cl)B1OC(C)(C)C(C)(C)O1. The first-order valence-electron chi connectivity index (χ1n) is 5.68. The van der Waals surface area contributed by atoms with Crippen molar-refractivity contribution < 1.29 is 9.31 Å². The lowest BCUT2D eigenvalue weighted by atomic mass is 9.84. The molecule has 1 fully saturated rings. The Kier molecular flexibility index (Phi) is 3.56. The standard InChI is InChI=1S/C12H22BClO2/c1-10(2,3)8-9(14)13-15-11(4,5)12(6,7)16-13/h8H,1-7H3/b9-8+. The summed E-state index contributed by atoms with van der Waals surface area (Å²) in [4.78, 5) is 0.631. The molecule has 2 nitrogen and oxygen atoms in total. The average Bonchev–Trinajstić information content (AvgIpc) is 2.17. The third-order valence-corrected chi connectivity index (χ3v) is 3.34. The van der Waals surface area contributed by atoms with Crippen molar-refractivity contribution in [3.8, 4) is 0 Å². The van der Waals surface area contributed by atoms with Gasteiger partial charge in [-0.05, 0) is 33.1 Å². The zero-order valence-corrected chi connectivity index (χ0v) is 12.1. The fourth-order valence-electron chi connectivity index (χ4n) is 1.44.